The third-order valence-electron chi connectivity index (χ3n) is 3.40. The zero-order valence-corrected chi connectivity index (χ0v) is 16.1. The number of urea groups is 1. The van der Waals surface area contributed by atoms with Crippen LogP contribution in [0.4, 0.5) is 20.7 Å². The number of nitrogens with zero attached hydrogens (tertiary/aromatic N) is 3. The number of halogens is 2. The van der Waals surface area contributed by atoms with E-state index in [9.17, 15) is 4.79 Å². The Labute approximate surface area is 164 Å². The van der Waals surface area contributed by atoms with Crippen LogP contribution < -0.4 is 15.5 Å². The number of nitrogens with one attached hydrogen (secondary N) is 2. The maximum absolute atomic E-state index is 12.1. The second-order valence-corrected chi connectivity index (χ2v) is 7.23. The van der Waals surface area contributed by atoms with E-state index in [-0.39, 0.29) is 0 Å². The Kier molecular flexibility index (Phi) is 5.92. The number of rotatable bonds is 5. The van der Waals surface area contributed by atoms with Crippen molar-refractivity contribution in [2.75, 3.05) is 22.6 Å². The highest BCUT2D eigenvalue weighted by atomic mass is 35.5. The molecule has 0 atom stereocenters. The average Bonchev–Trinajstić information content (AvgIpc) is 3.07. The molecule has 9 heteroatoms. The molecule has 1 heterocycles. The molecule has 0 saturated heterocycles. The minimum atomic E-state index is -0.470. The number of aromatic nitrogens is 2. The van der Waals surface area contributed by atoms with Gasteiger partial charge in [0.2, 0.25) is 10.3 Å². The second-order valence-electron chi connectivity index (χ2n) is 5.43. The number of carbonyl (C=O) groups excluding carboxylic acids is 1. The van der Waals surface area contributed by atoms with Crippen LogP contribution in [0.3, 0.4) is 0 Å². The van der Waals surface area contributed by atoms with Crippen LogP contribution in [0.1, 0.15) is 5.56 Å². The molecule has 0 aliphatic carbocycles. The molecule has 0 fully saturated rings. The minimum Gasteiger partial charge on any atom is -0.345 e. The maximum Gasteiger partial charge on any atom is 0.325 e. The fraction of sp³-hybridized carbons (Fsp3) is 0.118. The van der Waals surface area contributed by atoms with Crippen LogP contribution in [0.5, 0.6) is 0 Å². The Bertz CT molecular complexity index is 903. The fourth-order valence-electron chi connectivity index (χ4n) is 2.19. The topological polar surface area (TPSA) is 70.2 Å². The highest BCUT2D eigenvalue weighted by Crippen LogP contribution is 2.27. The van der Waals surface area contributed by atoms with Crippen molar-refractivity contribution in [2.45, 2.75) is 6.54 Å². The summed E-state index contributed by atoms with van der Waals surface area (Å²) in [5.74, 6) is 0. The Hall–Kier alpha value is -2.35. The normalized spacial score (nSPS) is 10.4. The van der Waals surface area contributed by atoms with Crippen LogP contribution >= 0.6 is 34.5 Å². The van der Waals surface area contributed by atoms with Gasteiger partial charge in [-0.2, -0.15) is 0 Å². The monoisotopic (exact) mass is 407 g/mol. The third kappa shape index (κ3) is 4.85. The van der Waals surface area contributed by atoms with Gasteiger partial charge in [-0.05, 0) is 23.8 Å². The van der Waals surface area contributed by atoms with Gasteiger partial charge in [0.25, 0.3) is 0 Å². The summed E-state index contributed by atoms with van der Waals surface area (Å²) in [6, 6.07) is 14.4. The number of benzene rings is 2. The van der Waals surface area contributed by atoms with Crippen LogP contribution in [-0.4, -0.2) is 23.3 Å². The summed E-state index contributed by atoms with van der Waals surface area (Å²) in [7, 11) is 1.92. The summed E-state index contributed by atoms with van der Waals surface area (Å²) in [6.45, 7) is 0.694. The number of hydrogen-bond donors (Lipinski definition) is 2. The predicted octanol–water partition coefficient (Wildman–Crippen LogP) is 5.13. The van der Waals surface area contributed by atoms with Gasteiger partial charge in [-0.1, -0.05) is 64.9 Å². The summed E-state index contributed by atoms with van der Waals surface area (Å²) in [5.41, 5.74) is 1.58. The number of hydrogen-bond acceptors (Lipinski definition) is 5. The number of anilines is 3. The summed E-state index contributed by atoms with van der Waals surface area (Å²) in [4.78, 5) is 14.1. The molecule has 0 radical (unpaired) electrons. The summed E-state index contributed by atoms with van der Waals surface area (Å²) in [6.07, 6.45) is 0. The van der Waals surface area contributed by atoms with Crippen molar-refractivity contribution in [3.05, 3.63) is 64.1 Å². The number of amides is 2. The molecule has 0 unspecified atom stereocenters. The Morgan fingerprint density at radius 3 is 2.65 bits per heavy atom. The molecular weight excluding hydrogens is 393 g/mol. The Balaban J connectivity index is 1.61. The molecule has 26 heavy (non-hydrogen) atoms. The lowest BCUT2D eigenvalue weighted by Gasteiger charge is -2.14. The first-order chi connectivity index (χ1) is 12.5. The average molecular weight is 408 g/mol. The molecule has 3 rings (SSSR count). The van der Waals surface area contributed by atoms with E-state index in [0.29, 0.717) is 32.5 Å². The van der Waals surface area contributed by atoms with E-state index >= 15 is 0 Å². The minimum absolute atomic E-state index is 0.385. The van der Waals surface area contributed by atoms with Crippen LogP contribution in [-0.2, 0) is 6.54 Å². The van der Waals surface area contributed by atoms with Crippen molar-refractivity contribution in [2.24, 2.45) is 0 Å². The summed E-state index contributed by atoms with van der Waals surface area (Å²) < 4.78 is 0. The SMILES string of the molecule is CN(Cc1ccccc1)c1nnc(NC(=O)Nc2cc(Cl)ccc2Cl)s1. The molecule has 2 N–H and O–H groups in total. The van der Waals surface area contributed by atoms with E-state index in [1.54, 1.807) is 18.2 Å². The quantitative estimate of drug-likeness (QED) is 0.615. The van der Waals surface area contributed by atoms with E-state index in [1.165, 1.54) is 11.3 Å². The first-order valence-electron chi connectivity index (χ1n) is 7.63. The van der Waals surface area contributed by atoms with Crippen molar-refractivity contribution in [1.29, 1.82) is 0 Å². The molecule has 1 aromatic heterocycles. The van der Waals surface area contributed by atoms with E-state index in [1.807, 2.05) is 42.3 Å². The summed E-state index contributed by atoms with van der Waals surface area (Å²) >= 11 is 13.2. The van der Waals surface area contributed by atoms with Crippen LogP contribution in [0.25, 0.3) is 0 Å². The molecule has 0 saturated carbocycles. The van der Waals surface area contributed by atoms with Gasteiger partial charge in [0.1, 0.15) is 0 Å². The van der Waals surface area contributed by atoms with Crippen molar-refractivity contribution in [3.63, 3.8) is 0 Å². The Morgan fingerprint density at radius 1 is 1.12 bits per heavy atom. The van der Waals surface area contributed by atoms with E-state index < -0.39 is 6.03 Å². The molecule has 6 nitrogen and oxygen atoms in total. The van der Waals surface area contributed by atoms with Gasteiger partial charge in [-0.25, -0.2) is 4.79 Å². The molecule has 2 aromatic carbocycles. The molecule has 0 aliphatic rings. The van der Waals surface area contributed by atoms with Crippen LogP contribution in [0.2, 0.25) is 10.0 Å². The first-order valence-corrected chi connectivity index (χ1v) is 9.20. The van der Waals surface area contributed by atoms with Gasteiger partial charge in [-0.3, -0.25) is 5.32 Å². The van der Waals surface area contributed by atoms with Gasteiger partial charge in [0.05, 0.1) is 10.7 Å². The Morgan fingerprint density at radius 2 is 1.88 bits per heavy atom. The molecule has 134 valence electrons. The van der Waals surface area contributed by atoms with E-state index in [4.69, 9.17) is 23.2 Å². The van der Waals surface area contributed by atoms with E-state index in [0.717, 1.165) is 5.56 Å². The van der Waals surface area contributed by atoms with Crippen LogP contribution in [0.15, 0.2) is 48.5 Å². The van der Waals surface area contributed by atoms with Crippen molar-refractivity contribution in [1.82, 2.24) is 10.2 Å². The molecule has 3 aromatic rings. The molecule has 2 amide bonds. The zero-order valence-electron chi connectivity index (χ0n) is 13.7. The second kappa shape index (κ2) is 8.35. The standard InChI is InChI=1S/C17H15Cl2N5OS/c1-24(10-11-5-3-2-4-6-11)17-23-22-16(26-17)21-15(25)20-14-9-12(18)7-8-13(14)19/h2-9H,10H2,1H3,(H2,20,21,22,25). The van der Waals surface area contributed by atoms with Gasteiger partial charge in [-0.15, -0.1) is 10.2 Å². The lowest BCUT2D eigenvalue weighted by Crippen LogP contribution is -2.19. The van der Waals surface area contributed by atoms with E-state index in [2.05, 4.69) is 20.8 Å². The van der Waals surface area contributed by atoms with Gasteiger partial charge < -0.3 is 10.2 Å². The van der Waals surface area contributed by atoms with Crippen molar-refractivity contribution in [3.8, 4) is 0 Å². The molecule has 0 aliphatic heterocycles. The first kappa shape index (κ1) is 18.4. The van der Waals surface area contributed by atoms with Crippen molar-refractivity contribution < 1.29 is 4.79 Å². The highest BCUT2D eigenvalue weighted by Gasteiger charge is 2.13. The summed E-state index contributed by atoms with van der Waals surface area (Å²) in [5, 5.41) is 15.3. The van der Waals surface area contributed by atoms with Gasteiger partial charge in [0, 0.05) is 18.6 Å². The maximum atomic E-state index is 12.1. The predicted molar refractivity (Wildman–Crippen MR) is 108 cm³/mol. The third-order valence-corrected chi connectivity index (χ3v) is 4.92. The lowest BCUT2D eigenvalue weighted by molar-refractivity contribution is 0.262. The number of carbonyl (C=O) groups is 1. The van der Waals surface area contributed by atoms with Crippen LogP contribution in [0, 0.1) is 0 Å². The van der Waals surface area contributed by atoms with Gasteiger partial charge >= 0.3 is 6.03 Å². The molecular formula is C17H15Cl2N5OS. The molecule has 0 bridgehead atoms. The zero-order chi connectivity index (χ0) is 18.5. The molecule has 0 spiro atoms. The highest BCUT2D eigenvalue weighted by molar-refractivity contribution is 7.19. The van der Waals surface area contributed by atoms with Crippen molar-refractivity contribution >= 4 is 56.5 Å². The van der Waals surface area contributed by atoms with Gasteiger partial charge in [0.15, 0.2) is 0 Å². The smallest absolute Gasteiger partial charge is 0.325 e. The lowest BCUT2D eigenvalue weighted by atomic mass is 10.2. The fourth-order valence-corrected chi connectivity index (χ4v) is 3.23. The largest absolute Gasteiger partial charge is 0.345 e.